The van der Waals surface area contributed by atoms with Gasteiger partial charge in [-0.25, -0.2) is 0 Å². The van der Waals surface area contributed by atoms with Crippen molar-refractivity contribution in [1.29, 1.82) is 0 Å². The number of ketones is 4. The van der Waals surface area contributed by atoms with E-state index in [1.54, 1.807) is 97.1 Å². The number of carbonyl (C=O) groups is 4. The molecule has 2 unspecified atom stereocenters. The lowest BCUT2D eigenvalue weighted by molar-refractivity contribution is 0.0487. The van der Waals surface area contributed by atoms with Gasteiger partial charge in [0.25, 0.3) is 0 Å². The van der Waals surface area contributed by atoms with Crippen LogP contribution >= 0.6 is 0 Å². The summed E-state index contributed by atoms with van der Waals surface area (Å²) in [4.78, 5) is 50.7. The summed E-state index contributed by atoms with van der Waals surface area (Å²) < 4.78 is 54.2. The van der Waals surface area contributed by atoms with Gasteiger partial charge in [-0.15, -0.1) is 0 Å². The highest BCUT2D eigenvalue weighted by Crippen LogP contribution is 2.38. The molecule has 0 aromatic heterocycles. The average Bonchev–Trinajstić information content (AvgIpc) is 3.30. The Morgan fingerprint density at radius 2 is 0.573 bits per heavy atom. The number of aliphatic hydroxyl groups is 4. The summed E-state index contributed by atoms with van der Waals surface area (Å²) in [6.07, 6.45) is 1.67. The van der Waals surface area contributed by atoms with Crippen molar-refractivity contribution in [3.05, 3.63) is 119 Å². The van der Waals surface area contributed by atoms with E-state index in [4.69, 9.17) is 35.4 Å². The first-order valence-electron chi connectivity index (χ1n) is 25.0. The fraction of sp³-hybridized carbons (Fsp3) is 0.491. The molecule has 0 radical (unpaired) electrons. The van der Waals surface area contributed by atoms with Crippen molar-refractivity contribution in [3.63, 3.8) is 0 Å². The molecule has 5 rings (SSSR count). The molecule has 2 atom stereocenters. The molecule has 4 aromatic carbocycles. The number of hydrogen-bond acceptors (Lipinski definition) is 16. The molecule has 1 saturated heterocycles. The molecule has 20 heteroatoms. The molecule has 4 N–H and O–H groups in total. The summed E-state index contributed by atoms with van der Waals surface area (Å²) in [5, 5.41) is 41.0. The minimum absolute atomic E-state index is 0. The van der Waals surface area contributed by atoms with Gasteiger partial charge in [-0.1, -0.05) is 7.43 Å². The first kappa shape index (κ1) is 62.8. The van der Waals surface area contributed by atoms with Crippen LogP contribution in [-0.4, -0.2) is 126 Å². The Labute approximate surface area is 447 Å². The number of hydrogen-bond donors (Lipinski definition) is 4. The molecule has 0 aliphatic carbocycles. The Hall–Kier alpha value is -4.69. The lowest BCUT2D eigenvalue weighted by atomic mass is 9.97. The highest BCUT2D eigenvalue weighted by atomic mass is 28.5. The molecule has 0 saturated carbocycles. The van der Waals surface area contributed by atoms with Gasteiger partial charge in [0, 0.05) is 22.3 Å². The molecule has 1 heterocycles. The van der Waals surface area contributed by atoms with E-state index < -0.39 is 79.8 Å². The van der Waals surface area contributed by atoms with Crippen molar-refractivity contribution in [1.82, 2.24) is 0 Å². The maximum absolute atomic E-state index is 12.8. The van der Waals surface area contributed by atoms with Gasteiger partial charge in [-0.3, -0.25) is 19.2 Å². The summed E-state index contributed by atoms with van der Waals surface area (Å²) in [5.41, 5.74) is -4.63. The highest BCUT2D eigenvalue weighted by Gasteiger charge is 2.57. The summed E-state index contributed by atoms with van der Waals surface area (Å²) in [6.45, 7) is 20.5. The summed E-state index contributed by atoms with van der Waals surface area (Å²) in [6, 6.07) is 28.0. The minimum atomic E-state index is -3.41. The summed E-state index contributed by atoms with van der Waals surface area (Å²) in [5.74, 6) is 0.529. The molecule has 412 valence electrons. The SMILES string of the molecule is C.CC(C)(O)C(=O)c1ccc(OCCC[Si]2(C)O[Si](C)(CCCOc3ccc(C(=O)C(C)(C)O)cc3)O[Si](C)(COc3ccc(C(=O)C(C)(C)O)cc3)O[Si](C)(CCCOc3ccc(C(=O)C(C)(C)O)cc3)O2)cc1. The first-order chi connectivity index (χ1) is 34.2. The zero-order valence-corrected chi connectivity index (χ0v) is 49.0. The lowest BCUT2D eigenvalue weighted by Gasteiger charge is -2.50. The molecular formula is C55H80O16Si4. The van der Waals surface area contributed by atoms with Crippen molar-refractivity contribution >= 4 is 57.4 Å². The molecule has 4 aromatic rings. The van der Waals surface area contributed by atoms with E-state index in [0.29, 0.717) is 102 Å². The van der Waals surface area contributed by atoms with Crippen molar-refractivity contribution in [2.24, 2.45) is 0 Å². The maximum atomic E-state index is 12.8. The van der Waals surface area contributed by atoms with E-state index in [1.807, 2.05) is 26.2 Å². The van der Waals surface area contributed by atoms with Crippen LogP contribution in [0.4, 0.5) is 0 Å². The number of rotatable bonds is 26. The highest BCUT2D eigenvalue weighted by molar-refractivity contribution is 6.93. The molecular weight excluding hydrogens is 1030 g/mol. The molecule has 16 nitrogen and oxygen atoms in total. The number of ether oxygens (including phenoxy) is 4. The van der Waals surface area contributed by atoms with Crippen molar-refractivity contribution in [2.75, 3.05) is 26.1 Å². The van der Waals surface area contributed by atoms with E-state index in [1.165, 1.54) is 55.4 Å². The van der Waals surface area contributed by atoms with Gasteiger partial charge in [0.05, 0.1) is 19.8 Å². The molecule has 1 aliphatic rings. The Kier molecular flexibility index (Phi) is 21.1. The van der Waals surface area contributed by atoms with Crippen LogP contribution in [0.5, 0.6) is 23.0 Å². The Bertz CT molecular complexity index is 2430. The van der Waals surface area contributed by atoms with Gasteiger partial charge in [-0.2, -0.15) is 0 Å². The van der Waals surface area contributed by atoms with Crippen molar-refractivity contribution < 1.29 is 75.0 Å². The van der Waals surface area contributed by atoms with Gasteiger partial charge in [0.2, 0.25) is 0 Å². The fourth-order valence-corrected chi connectivity index (χ4v) is 31.0. The van der Waals surface area contributed by atoms with Crippen molar-refractivity contribution in [3.8, 4) is 23.0 Å². The third-order valence-electron chi connectivity index (χ3n) is 12.0. The van der Waals surface area contributed by atoms with Gasteiger partial charge in [-0.05, 0) is 216 Å². The van der Waals surface area contributed by atoms with Crippen LogP contribution in [0.25, 0.3) is 0 Å². The van der Waals surface area contributed by atoms with E-state index in [9.17, 15) is 39.6 Å². The largest absolute Gasteiger partial charge is 0.494 e. The standard InChI is InChI=1S/C54H76O16Si4.CH4/c1-51(2,59)47(55)39-16-24-43(25-17-39)63-32-13-35-71(9)67-72(10,36-14-33-64-44-26-18-40(19-27-44)48(56)52(3,4)60)69-74(12,38-66-46-30-22-42(23-31-46)50(58)54(7,8)62)70-73(11,68-71)37-15-34-65-45-28-20-41(21-29-45)49(57)53(5,6)61;/h16-31,59-62H,13-15,32-38H2,1-12H3;1H4. The first-order valence-corrected chi connectivity index (χ1v) is 35.1. The van der Waals surface area contributed by atoms with Crippen LogP contribution in [0.3, 0.4) is 0 Å². The van der Waals surface area contributed by atoms with E-state index in [0.717, 1.165) is 0 Å². The van der Waals surface area contributed by atoms with Crippen LogP contribution in [0.2, 0.25) is 44.3 Å². The smallest absolute Gasteiger partial charge is 0.356 e. The zero-order chi connectivity index (χ0) is 55.0. The molecule has 0 amide bonds. The van der Waals surface area contributed by atoms with Crippen LogP contribution in [0.1, 0.15) is 124 Å². The number of carbonyl (C=O) groups excluding carboxylic acids is 4. The second-order valence-corrected chi connectivity index (χ2v) is 35.9. The summed E-state index contributed by atoms with van der Waals surface area (Å²) in [7, 11) is -13.1. The average molecular weight is 1110 g/mol. The normalized spacial score (nSPS) is 21.4. The van der Waals surface area contributed by atoms with Crippen LogP contribution in [0.15, 0.2) is 97.1 Å². The number of Topliss-reactive ketones (excluding diaryl/α,β-unsaturated/α-hetero) is 4. The second kappa shape index (κ2) is 25.2. The topological polar surface area (TPSA) is 223 Å². The third-order valence-corrected chi connectivity index (χ3v) is 30.3. The molecule has 0 bridgehead atoms. The molecule has 1 fully saturated rings. The summed E-state index contributed by atoms with van der Waals surface area (Å²) >= 11 is 0. The zero-order valence-electron chi connectivity index (χ0n) is 45.0. The monoisotopic (exact) mass is 1110 g/mol. The quantitative estimate of drug-likeness (QED) is 0.0261. The van der Waals surface area contributed by atoms with E-state index in [2.05, 4.69) is 0 Å². The van der Waals surface area contributed by atoms with E-state index in [-0.39, 0.29) is 13.7 Å². The van der Waals surface area contributed by atoms with Gasteiger partial charge >= 0.3 is 34.2 Å². The van der Waals surface area contributed by atoms with E-state index >= 15 is 0 Å². The molecule has 0 spiro atoms. The third kappa shape index (κ3) is 18.8. The van der Waals surface area contributed by atoms with Crippen LogP contribution in [0, 0.1) is 0 Å². The van der Waals surface area contributed by atoms with Crippen molar-refractivity contribution in [2.45, 2.75) is 149 Å². The Morgan fingerprint density at radius 3 is 0.787 bits per heavy atom. The minimum Gasteiger partial charge on any atom is -0.494 e. The fourth-order valence-electron chi connectivity index (χ4n) is 8.46. The molecule has 1 aliphatic heterocycles. The maximum Gasteiger partial charge on any atom is 0.356 e. The van der Waals surface area contributed by atoms with Gasteiger partial charge in [0.15, 0.2) is 23.1 Å². The lowest BCUT2D eigenvalue weighted by Crippen LogP contribution is -2.69. The predicted octanol–water partition coefficient (Wildman–Crippen LogP) is 9.83. The van der Waals surface area contributed by atoms with Gasteiger partial charge in [0.1, 0.15) is 51.6 Å². The van der Waals surface area contributed by atoms with Crippen LogP contribution in [-0.2, 0) is 16.5 Å². The Morgan fingerprint density at radius 1 is 0.373 bits per heavy atom. The van der Waals surface area contributed by atoms with Crippen LogP contribution < -0.4 is 18.9 Å². The molecule has 75 heavy (non-hydrogen) atoms. The second-order valence-electron chi connectivity index (χ2n) is 21.7. The number of benzene rings is 4. The predicted molar refractivity (Wildman–Crippen MR) is 296 cm³/mol. The van der Waals surface area contributed by atoms with Gasteiger partial charge < -0.3 is 55.8 Å². The Balaban J connectivity index is 0.0000122.